The Balaban J connectivity index is 2.25. The second kappa shape index (κ2) is 7.59. The van der Waals surface area contributed by atoms with Crippen LogP contribution in [0.3, 0.4) is 0 Å². The van der Waals surface area contributed by atoms with Gasteiger partial charge < -0.3 is 9.80 Å². The normalized spacial score (nSPS) is 19.8. The number of hydrogen-bond acceptors (Lipinski definition) is 2. The largest absolute Gasteiger partial charge is 0.359 e. The van der Waals surface area contributed by atoms with Crippen molar-refractivity contribution in [1.82, 2.24) is 9.80 Å². The molecule has 16 heavy (non-hydrogen) atoms. The zero-order chi connectivity index (χ0) is 11.8. The summed E-state index contributed by atoms with van der Waals surface area (Å²) in [7, 11) is 2.20. The van der Waals surface area contributed by atoms with Crippen LogP contribution in [-0.2, 0) is 0 Å². The van der Waals surface area contributed by atoms with E-state index in [0.29, 0.717) is 6.17 Å². The van der Waals surface area contributed by atoms with E-state index in [1.165, 1.54) is 51.5 Å². The Labute approximate surface area is 101 Å². The molecule has 0 spiro atoms. The van der Waals surface area contributed by atoms with Crippen molar-refractivity contribution in [3.8, 4) is 0 Å². The number of nitrogens with zero attached hydrogens (tertiary/aromatic N) is 2. The van der Waals surface area contributed by atoms with Gasteiger partial charge in [0.2, 0.25) is 0 Å². The molecule has 0 saturated heterocycles. The second-order valence-corrected chi connectivity index (χ2v) is 4.88. The Morgan fingerprint density at radius 2 is 1.69 bits per heavy atom. The first-order valence-electron chi connectivity index (χ1n) is 6.95. The molecule has 0 saturated carbocycles. The van der Waals surface area contributed by atoms with E-state index >= 15 is 0 Å². The molecule has 94 valence electrons. The molecule has 0 N–H and O–H groups in total. The third-order valence-corrected chi connectivity index (χ3v) is 3.43. The van der Waals surface area contributed by atoms with Gasteiger partial charge in [0.15, 0.2) is 0 Å². The quantitative estimate of drug-likeness (QED) is 0.579. The first-order chi connectivity index (χ1) is 7.79. The maximum Gasteiger partial charge on any atom is 0.100 e. The molecule has 0 aromatic carbocycles. The predicted molar refractivity (Wildman–Crippen MR) is 71.1 cm³/mol. The zero-order valence-electron chi connectivity index (χ0n) is 11.3. The van der Waals surface area contributed by atoms with Gasteiger partial charge >= 0.3 is 0 Å². The maximum atomic E-state index is 2.51. The van der Waals surface area contributed by atoms with E-state index in [1.54, 1.807) is 0 Å². The summed E-state index contributed by atoms with van der Waals surface area (Å²) in [5.74, 6) is 0. The molecule has 0 bridgehead atoms. The highest BCUT2D eigenvalue weighted by atomic mass is 15.4. The minimum absolute atomic E-state index is 0.628. The van der Waals surface area contributed by atoms with Crippen LogP contribution in [0.25, 0.3) is 0 Å². The lowest BCUT2D eigenvalue weighted by Gasteiger charge is -2.30. The van der Waals surface area contributed by atoms with Gasteiger partial charge in [-0.3, -0.25) is 0 Å². The minimum Gasteiger partial charge on any atom is -0.359 e. The van der Waals surface area contributed by atoms with Crippen LogP contribution in [0.4, 0.5) is 0 Å². The van der Waals surface area contributed by atoms with Crippen LogP contribution in [0.2, 0.25) is 0 Å². The number of hydrogen-bond donors (Lipinski definition) is 0. The molecule has 1 heterocycles. The Bertz CT molecular complexity index is 201. The second-order valence-electron chi connectivity index (χ2n) is 4.88. The highest BCUT2D eigenvalue weighted by Crippen LogP contribution is 2.20. The Morgan fingerprint density at radius 1 is 0.938 bits per heavy atom. The molecule has 0 amide bonds. The van der Waals surface area contributed by atoms with E-state index in [0.717, 1.165) is 0 Å². The molecule has 1 aliphatic heterocycles. The summed E-state index contributed by atoms with van der Waals surface area (Å²) in [6.45, 7) is 5.76. The van der Waals surface area contributed by atoms with Gasteiger partial charge in [0, 0.05) is 26.0 Å². The van der Waals surface area contributed by atoms with Gasteiger partial charge in [-0.2, -0.15) is 0 Å². The van der Waals surface area contributed by atoms with Crippen LogP contribution in [0.1, 0.15) is 58.8 Å². The third-order valence-electron chi connectivity index (χ3n) is 3.43. The van der Waals surface area contributed by atoms with Crippen LogP contribution in [0, 0.1) is 0 Å². The number of rotatable bonds is 8. The van der Waals surface area contributed by atoms with E-state index in [2.05, 4.69) is 43.1 Å². The molecule has 1 unspecified atom stereocenters. The average molecular weight is 224 g/mol. The van der Waals surface area contributed by atoms with E-state index in [-0.39, 0.29) is 0 Å². The average Bonchev–Trinajstić information content (AvgIpc) is 2.63. The Kier molecular flexibility index (Phi) is 6.36. The van der Waals surface area contributed by atoms with Gasteiger partial charge in [-0.1, -0.05) is 39.5 Å². The summed E-state index contributed by atoms with van der Waals surface area (Å²) in [6, 6.07) is 0. The van der Waals surface area contributed by atoms with E-state index in [1.807, 2.05) is 0 Å². The minimum atomic E-state index is 0.628. The lowest BCUT2D eigenvalue weighted by Crippen LogP contribution is -2.36. The van der Waals surface area contributed by atoms with Crippen LogP contribution < -0.4 is 0 Å². The molecule has 2 nitrogen and oxygen atoms in total. The first kappa shape index (κ1) is 13.4. The van der Waals surface area contributed by atoms with Gasteiger partial charge in [0.1, 0.15) is 6.17 Å². The lowest BCUT2D eigenvalue weighted by molar-refractivity contribution is 0.160. The molecular weight excluding hydrogens is 196 g/mol. The van der Waals surface area contributed by atoms with Crippen molar-refractivity contribution in [3.05, 3.63) is 12.4 Å². The van der Waals surface area contributed by atoms with E-state index in [4.69, 9.17) is 0 Å². The summed E-state index contributed by atoms with van der Waals surface area (Å²) >= 11 is 0. The Morgan fingerprint density at radius 3 is 2.38 bits per heavy atom. The molecule has 1 atom stereocenters. The molecular formula is C14H28N2. The van der Waals surface area contributed by atoms with Gasteiger partial charge in [-0.15, -0.1) is 0 Å². The fraction of sp³-hybridized carbons (Fsp3) is 0.857. The van der Waals surface area contributed by atoms with Crippen LogP contribution in [0.5, 0.6) is 0 Å². The first-order valence-corrected chi connectivity index (χ1v) is 6.95. The van der Waals surface area contributed by atoms with Crippen LogP contribution >= 0.6 is 0 Å². The summed E-state index contributed by atoms with van der Waals surface area (Å²) in [5.41, 5.74) is 0. The van der Waals surface area contributed by atoms with E-state index in [9.17, 15) is 0 Å². The summed E-state index contributed by atoms with van der Waals surface area (Å²) < 4.78 is 0. The number of unbranched alkanes of at least 4 members (excludes halogenated alkanes) is 4. The van der Waals surface area contributed by atoms with Gasteiger partial charge in [0.25, 0.3) is 0 Å². The topological polar surface area (TPSA) is 6.48 Å². The van der Waals surface area contributed by atoms with Gasteiger partial charge in [-0.05, 0) is 19.3 Å². The van der Waals surface area contributed by atoms with Crippen molar-refractivity contribution in [2.45, 2.75) is 65.0 Å². The van der Waals surface area contributed by atoms with E-state index < -0.39 is 0 Å². The smallest absolute Gasteiger partial charge is 0.100 e. The predicted octanol–water partition coefficient (Wildman–Crippen LogP) is 3.80. The molecule has 1 aliphatic rings. The van der Waals surface area contributed by atoms with Crippen molar-refractivity contribution >= 4 is 0 Å². The molecule has 0 fully saturated rings. The molecule has 1 rings (SSSR count). The lowest BCUT2D eigenvalue weighted by atomic mass is 10.1. The van der Waals surface area contributed by atoms with Crippen LogP contribution in [-0.4, -0.2) is 29.6 Å². The SMILES string of the molecule is CCCCCCC1N(C)C=CN1CCCC. The molecule has 0 radical (unpaired) electrons. The summed E-state index contributed by atoms with van der Waals surface area (Å²) in [5, 5.41) is 0. The summed E-state index contributed by atoms with van der Waals surface area (Å²) in [4.78, 5) is 4.87. The molecule has 0 aliphatic carbocycles. The highest BCUT2D eigenvalue weighted by molar-refractivity contribution is 4.95. The van der Waals surface area contributed by atoms with Crippen molar-refractivity contribution in [3.63, 3.8) is 0 Å². The Hall–Kier alpha value is -0.660. The molecule has 0 aromatic rings. The molecule has 2 heteroatoms. The van der Waals surface area contributed by atoms with Crippen molar-refractivity contribution in [1.29, 1.82) is 0 Å². The van der Waals surface area contributed by atoms with Gasteiger partial charge in [0.05, 0.1) is 0 Å². The fourth-order valence-electron chi connectivity index (χ4n) is 2.31. The van der Waals surface area contributed by atoms with Crippen molar-refractivity contribution in [2.75, 3.05) is 13.6 Å². The zero-order valence-corrected chi connectivity index (χ0v) is 11.3. The fourth-order valence-corrected chi connectivity index (χ4v) is 2.31. The van der Waals surface area contributed by atoms with Crippen molar-refractivity contribution in [2.24, 2.45) is 0 Å². The van der Waals surface area contributed by atoms with Crippen molar-refractivity contribution < 1.29 is 0 Å². The molecule has 0 aromatic heterocycles. The van der Waals surface area contributed by atoms with Crippen LogP contribution in [0.15, 0.2) is 12.4 Å². The monoisotopic (exact) mass is 224 g/mol. The standard InChI is InChI=1S/C14H28N2/c1-4-6-8-9-10-14-15(3)12-13-16(14)11-7-5-2/h12-14H,4-11H2,1-3H3. The third kappa shape index (κ3) is 4.07. The summed E-state index contributed by atoms with van der Waals surface area (Å²) in [6.07, 6.45) is 14.5. The highest BCUT2D eigenvalue weighted by Gasteiger charge is 2.21. The van der Waals surface area contributed by atoms with Gasteiger partial charge in [-0.25, -0.2) is 0 Å². The maximum absolute atomic E-state index is 2.51.